The van der Waals surface area contributed by atoms with Gasteiger partial charge in [0.15, 0.2) is 0 Å². The molecule has 1 amide bonds. The first-order chi connectivity index (χ1) is 9.00. The van der Waals surface area contributed by atoms with E-state index in [1.54, 1.807) is 0 Å². The maximum Gasteiger partial charge on any atom is 0.317 e. The van der Waals surface area contributed by atoms with Gasteiger partial charge >= 0.3 is 5.97 Å². The smallest absolute Gasteiger partial charge is 0.317 e. The molecule has 0 aromatic rings. The number of carboxylic acid groups (broad SMARTS) is 1. The van der Waals surface area contributed by atoms with Gasteiger partial charge in [0.1, 0.15) is 0 Å². The van der Waals surface area contributed by atoms with Gasteiger partial charge in [0, 0.05) is 17.5 Å². The van der Waals surface area contributed by atoms with E-state index in [1.165, 1.54) is 0 Å². The third-order valence-electron chi connectivity index (χ3n) is 4.72. The van der Waals surface area contributed by atoms with Gasteiger partial charge in [-0.3, -0.25) is 14.5 Å². The first-order valence-electron chi connectivity index (χ1n) is 7.27. The van der Waals surface area contributed by atoms with E-state index in [1.807, 2.05) is 11.8 Å². The van der Waals surface area contributed by atoms with E-state index in [0.29, 0.717) is 6.04 Å². The Labute approximate surface area is 114 Å². The number of nitrogens with one attached hydrogen (secondary N) is 1. The zero-order valence-electron chi connectivity index (χ0n) is 11.8. The summed E-state index contributed by atoms with van der Waals surface area (Å²) in [4.78, 5) is 24.8. The quantitative estimate of drug-likeness (QED) is 0.728. The second-order valence-electron chi connectivity index (χ2n) is 5.89. The Hall–Kier alpha value is -1.10. The summed E-state index contributed by atoms with van der Waals surface area (Å²) in [6.45, 7) is 4.89. The number of hydrogen-bond acceptors (Lipinski definition) is 3. The second-order valence-corrected chi connectivity index (χ2v) is 5.89. The molecule has 5 heteroatoms. The summed E-state index contributed by atoms with van der Waals surface area (Å²) in [7, 11) is 0. The van der Waals surface area contributed by atoms with Gasteiger partial charge in [0.05, 0.1) is 6.54 Å². The fourth-order valence-electron chi connectivity index (χ4n) is 2.91. The number of hydrogen-bond donors (Lipinski definition) is 2. The van der Waals surface area contributed by atoms with Crippen molar-refractivity contribution in [2.45, 2.75) is 58.0 Å². The molecule has 2 aliphatic rings. The fraction of sp³-hybridized carbons (Fsp3) is 0.857. The summed E-state index contributed by atoms with van der Waals surface area (Å²) < 4.78 is 0. The Kier molecular flexibility index (Phi) is 4.13. The van der Waals surface area contributed by atoms with E-state index in [9.17, 15) is 9.59 Å². The summed E-state index contributed by atoms with van der Waals surface area (Å²) in [6, 6.07) is 0.549. The van der Waals surface area contributed by atoms with Crippen LogP contribution in [0.2, 0.25) is 0 Å². The molecule has 2 rings (SSSR count). The van der Waals surface area contributed by atoms with Crippen molar-refractivity contribution in [3.63, 3.8) is 0 Å². The lowest BCUT2D eigenvalue weighted by Crippen LogP contribution is -2.55. The van der Waals surface area contributed by atoms with Crippen LogP contribution in [0.1, 0.15) is 46.0 Å². The molecule has 2 saturated carbocycles. The van der Waals surface area contributed by atoms with E-state index in [0.717, 1.165) is 38.6 Å². The zero-order chi connectivity index (χ0) is 14.0. The number of aliphatic carboxylic acids is 1. The van der Waals surface area contributed by atoms with Crippen LogP contribution in [-0.2, 0) is 9.59 Å². The molecule has 0 aliphatic heterocycles. The number of amides is 1. The molecule has 0 radical (unpaired) electrons. The summed E-state index contributed by atoms with van der Waals surface area (Å²) >= 11 is 0. The number of carbonyl (C=O) groups excluding carboxylic acids is 1. The van der Waals surface area contributed by atoms with Gasteiger partial charge in [-0.05, 0) is 38.6 Å². The van der Waals surface area contributed by atoms with Crippen molar-refractivity contribution < 1.29 is 14.7 Å². The lowest BCUT2D eigenvalue weighted by molar-refractivity contribution is -0.140. The molecule has 5 nitrogen and oxygen atoms in total. The highest BCUT2D eigenvalue weighted by atomic mass is 16.4. The summed E-state index contributed by atoms with van der Waals surface area (Å²) in [5.41, 5.74) is -0.0728. The van der Waals surface area contributed by atoms with E-state index in [2.05, 4.69) is 12.2 Å². The van der Waals surface area contributed by atoms with E-state index >= 15 is 0 Å². The molecular weight excluding hydrogens is 244 g/mol. The first kappa shape index (κ1) is 14.3. The van der Waals surface area contributed by atoms with Crippen LogP contribution >= 0.6 is 0 Å². The molecule has 19 heavy (non-hydrogen) atoms. The molecule has 0 aromatic heterocycles. The third kappa shape index (κ3) is 3.08. The first-order valence-corrected chi connectivity index (χ1v) is 7.27. The van der Waals surface area contributed by atoms with Crippen LogP contribution in [0.5, 0.6) is 0 Å². The minimum atomic E-state index is -0.780. The molecule has 2 aliphatic carbocycles. The molecule has 0 aromatic carbocycles. The third-order valence-corrected chi connectivity index (χ3v) is 4.72. The average Bonchev–Trinajstić information content (AvgIpc) is 3.11. The minimum absolute atomic E-state index is 0.0728. The highest BCUT2D eigenvalue weighted by Gasteiger charge is 2.49. The molecule has 0 spiro atoms. The normalized spacial score (nSPS) is 27.7. The van der Waals surface area contributed by atoms with Crippen molar-refractivity contribution in [3.8, 4) is 0 Å². The molecule has 0 unspecified atom stereocenters. The van der Waals surface area contributed by atoms with Gasteiger partial charge in [-0.2, -0.15) is 0 Å². The van der Waals surface area contributed by atoms with Crippen LogP contribution in [0.15, 0.2) is 0 Å². The summed E-state index contributed by atoms with van der Waals surface area (Å²) in [5.74, 6) is -0.572. The standard InChI is InChI=1S/C14H24N2O3/c1-3-14(5-6-14)13(19)15-10-7-11(8-10)16(4-2)9-12(17)18/h10-11H,3-9H2,1-2H3,(H,15,19)(H,17,18). The van der Waals surface area contributed by atoms with Crippen LogP contribution in [-0.4, -0.2) is 47.1 Å². The van der Waals surface area contributed by atoms with E-state index in [4.69, 9.17) is 5.11 Å². The number of nitrogens with zero attached hydrogens (tertiary/aromatic N) is 1. The van der Waals surface area contributed by atoms with Crippen LogP contribution in [0, 0.1) is 5.41 Å². The van der Waals surface area contributed by atoms with Crippen molar-refractivity contribution >= 4 is 11.9 Å². The monoisotopic (exact) mass is 268 g/mol. The van der Waals surface area contributed by atoms with Crippen LogP contribution < -0.4 is 5.32 Å². The topological polar surface area (TPSA) is 69.6 Å². The number of carbonyl (C=O) groups is 2. The zero-order valence-corrected chi connectivity index (χ0v) is 11.8. The molecular formula is C14H24N2O3. The number of carboxylic acids is 1. The summed E-state index contributed by atoms with van der Waals surface area (Å²) in [6.07, 6.45) is 4.73. The molecule has 0 atom stereocenters. The van der Waals surface area contributed by atoms with Gasteiger partial charge in [-0.25, -0.2) is 0 Å². The number of rotatable bonds is 7. The van der Waals surface area contributed by atoms with Crippen molar-refractivity contribution in [1.29, 1.82) is 0 Å². The second kappa shape index (κ2) is 5.49. The van der Waals surface area contributed by atoms with Crippen LogP contribution in [0.4, 0.5) is 0 Å². The van der Waals surface area contributed by atoms with Gasteiger partial charge in [0.2, 0.25) is 5.91 Å². The van der Waals surface area contributed by atoms with Crippen molar-refractivity contribution in [2.24, 2.45) is 5.41 Å². The molecule has 0 bridgehead atoms. The van der Waals surface area contributed by atoms with Gasteiger partial charge in [-0.1, -0.05) is 13.8 Å². The Bertz CT molecular complexity index is 360. The van der Waals surface area contributed by atoms with Gasteiger partial charge in [-0.15, -0.1) is 0 Å². The Morgan fingerprint density at radius 2 is 1.95 bits per heavy atom. The fourth-order valence-corrected chi connectivity index (χ4v) is 2.91. The Morgan fingerprint density at radius 1 is 1.32 bits per heavy atom. The number of likely N-dealkylation sites (N-methyl/N-ethyl adjacent to an activating group) is 1. The predicted octanol–water partition coefficient (Wildman–Crippen LogP) is 1.23. The molecule has 0 saturated heterocycles. The molecule has 0 heterocycles. The van der Waals surface area contributed by atoms with Crippen molar-refractivity contribution in [3.05, 3.63) is 0 Å². The Balaban J connectivity index is 1.74. The molecule has 2 fully saturated rings. The van der Waals surface area contributed by atoms with Crippen molar-refractivity contribution in [1.82, 2.24) is 10.2 Å². The lowest BCUT2D eigenvalue weighted by atomic mass is 9.84. The maximum atomic E-state index is 12.1. The molecule has 108 valence electrons. The SMILES string of the molecule is CCN(CC(=O)O)C1CC(NC(=O)C2(CC)CC2)C1. The minimum Gasteiger partial charge on any atom is -0.480 e. The predicted molar refractivity (Wildman–Crippen MR) is 71.8 cm³/mol. The van der Waals surface area contributed by atoms with Gasteiger partial charge in [0.25, 0.3) is 0 Å². The molecule has 2 N–H and O–H groups in total. The Morgan fingerprint density at radius 3 is 2.37 bits per heavy atom. The van der Waals surface area contributed by atoms with Crippen LogP contribution in [0.3, 0.4) is 0 Å². The maximum absolute atomic E-state index is 12.1. The van der Waals surface area contributed by atoms with E-state index in [-0.39, 0.29) is 23.9 Å². The lowest BCUT2D eigenvalue weighted by Gasteiger charge is -2.42. The van der Waals surface area contributed by atoms with E-state index < -0.39 is 5.97 Å². The van der Waals surface area contributed by atoms with Crippen LogP contribution in [0.25, 0.3) is 0 Å². The largest absolute Gasteiger partial charge is 0.480 e. The highest BCUT2D eigenvalue weighted by molar-refractivity contribution is 5.85. The average molecular weight is 268 g/mol. The van der Waals surface area contributed by atoms with Crippen molar-refractivity contribution in [2.75, 3.05) is 13.1 Å². The summed E-state index contributed by atoms with van der Waals surface area (Å²) in [5, 5.41) is 11.9. The van der Waals surface area contributed by atoms with Gasteiger partial charge < -0.3 is 10.4 Å². The highest BCUT2D eigenvalue weighted by Crippen LogP contribution is 2.49.